The van der Waals surface area contributed by atoms with Gasteiger partial charge in [0.25, 0.3) is 0 Å². The second-order valence-electron chi connectivity index (χ2n) is 6.97. The summed E-state index contributed by atoms with van der Waals surface area (Å²) >= 11 is 5.92. The maximum Gasteiger partial charge on any atom is 0.328 e. The number of likely N-dealkylation sites (tertiary alicyclic amines) is 1. The standard InChI is InChI=1S/C20H23ClN2O4/c1-12(2)14(19(25)23-9-5-6-17(23)20(26)27-4)11-18(24)13-7-8-15(21)16(10-13)22-3/h7-8,10,12,14,17H,5-6,9,11H2,1-2,4H3/t14-,17-/m0/s1. The molecular weight excluding hydrogens is 368 g/mol. The van der Waals surface area contributed by atoms with Crippen molar-refractivity contribution in [1.82, 2.24) is 4.90 Å². The van der Waals surface area contributed by atoms with Crippen molar-refractivity contribution in [1.29, 1.82) is 0 Å². The van der Waals surface area contributed by atoms with Gasteiger partial charge in [0.05, 0.1) is 13.7 Å². The number of hydrogen-bond donors (Lipinski definition) is 0. The van der Waals surface area contributed by atoms with Gasteiger partial charge in [-0.05, 0) is 24.8 Å². The Morgan fingerprint density at radius 1 is 1.37 bits per heavy atom. The normalized spacial score (nSPS) is 17.5. The van der Waals surface area contributed by atoms with E-state index >= 15 is 0 Å². The van der Waals surface area contributed by atoms with Crippen molar-refractivity contribution in [2.75, 3.05) is 13.7 Å². The fourth-order valence-corrected chi connectivity index (χ4v) is 3.48. The van der Waals surface area contributed by atoms with Crippen LogP contribution in [0.1, 0.15) is 43.5 Å². The van der Waals surface area contributed by atoms with Gasteiger partial charge in [0.2, 0.25) is 11.6 Å². The van der Waals surface area contributed by atoms with Crippen LogP contribution < -0.4 is 0 Å². The molecule has 1 aliphatic heterocycles. The molecule has 0 saturated carbocycles. The summed E-state index contributed by atoms with van der Waals surface area (Å²) in [5.74, 6) is -1.47. The summed E-state index contributed by atoms with van der Waals surface area (Å²) < 4.78 is 4.80. The maximum absolute atomic E-state index is 13.1. The quantitative estimate of drug-likeness (QED) is 0.419. The number of Topliss-reactive ketones (excluding diaryl/α,β-unsaturated/α-hetero) is 1. The number of halogens is 1. The Balaban J connectivity index is 2.20. The summed E-state index contributed by atoms with van der Waals surface area (Å²) in [5, 5.41) is 0.288. The third kappa shape index (κ3) is 4.67. The maximum atomic E-state index is 13.1. The summed E-state index contributed by atoms with van der Waals surface area (Å²) in [6, 6.07) is 3.95. The minimum absolute atomic E-state index is 0.0139. The molecule has 0 aromatic heterocycles. The number of amides is 1. The molecule has 1 saturated heterocycles. The van der Waals surface area contributed by atoms with Crippen molar-refractivity contribution in [2.24, 2.45) is 11.8 Å². The molecule has 7 heteroatoms. The second kappa shape index (κ2) is 9.01. The second-order valence-corrected chi connectivity index (χ2v) is 7.38. The summed E-state index contributed by atoms with van der Waals surface area (Å²) in [6.07, 6.45) is 1.32. The molecule has 0 unspecified atom stereocenters. The monoisotopic (exact) mass is 390 g/mol. The van der Waals surface area contributed by atoms with E-state index < -0.39 is 17.9 Å². The van der Waals surface area contributed by atoms with Crippen molar-refractivity contribution >= 4 is 34.9 Å². The molecule has 0 radical (unpaired) electrons. The van der Waals surface area contributed by atoms with Gasteiger partial charge in [-0.25, -0.2) is 9.64 Å². The number of rotatable bonds is 6. The highest BCUT2D eigenvalue weighted by atomic mass is 35.5. The molecule has 0 spiro atoms. The highest BCUT2D eigenvalue weighted by molar-refractivity contribution is 6.33. The summed E-state index contributed by atoms with van der Waals surface area (Å²) in [6.45, 7) is 11.4. The van der Waals surface area contributed by atoms with E-state index in [9.17, 15) is 14.4 Å². The number of methoxy groups -OCH3 is 1. The van der Waals surface area contributed by atoms with Gasteiger partial charge in [-0.15, -0.1) is 0 Å². The molecule has 1 aromatic rings. The SMILES string of the molecule is [C-]#[N+]c1cc(C(=O)C[C@H](C(=O)N2CCC[C@H]2C(=O)OC)C(C)C)ccc1Cl. The van der Waals surface area contributed by atoms with E-state index in [1.54, 1.807) is 6.07 Å². The zero-order chi connectivity index (χ0) is 20.1. The molecule has 144 valence electrons. The van der Waals surface area contributed by atoms with Crippen LogP contribution in [0.3, 0.4) is 0 Å². The lowest BCUT2D eigenvalue weighted by molar-refractivity contribution is -0.152. The number of carbonyl (C=O) groups excluding carboxylic acids is 3. The molecule has 0 N–H and O–H groups in total. The van der Waals surface area contributed by atoms with Crippen LogP contribution in [0.5, 0.6) is 0 Å². The lowest BCUT2D eigenvalue weighted by atomic mass is 9.87. The Morgan fingerprint density at radius 3 is 2.67 bits per heavy atom. The van der Waals surface area contributed by atoms with Gasteiger partial charge in [0, 0.05) is 29.5 Å². The molecule has 1 heterocycles. The van der Waals surface area contributed by atoms with Gasteiger partial charge >= 0.3 is 5.97 Å². The number of hydrogen-bond acceptors (Lipinski definition) is 4. The molecular formula is C20H23ClN2O4. The number of nitrogens with zero attached hydrogens (tertiary/aromatic N) is 2. The van der Waals surface area contributed by atoms with Crippen molar-refractivity contribution in [3.63, 3.8) is 0 Å². The molecule has 0 bridgehead atoms. The number of ketones is 1. The number of esters is 1. The highest BCUT2D eigenvalue weighted by Gasteiger charge is 2.39. The minimum atomic E-state index is -0.580. The largest absolute Gasteiger partial charge is 0.467 e. The lowest BCUT2D eigenvalue weighted by Crippen LogP contribution is -2.45. The van der Waals surface area contributed by atoms with Crippen molar-refractivity contribution < 1.29 is 19.1 Å². The van der Waals surface area contributed by atoms with Crippen LogP contribution in [0, 0.1) is 18.4 Å². The molecule has 1 amide bonds. The fraction of sp³-hybridized carbons (Fsp3) is 0.500. The van der Waals surface area contributed by atoms with Crippen LogP contribution in [0.4, 0.5) is 5.69 Å². The summed E-state index contributed by atoms with van der Waals surface area (Å²) in [4.78, 5) is 42.6. The Labute approximate surface area is 164 Å². The first-order chi connectivity index (χ1) is 12.8. The molecule has 27 heavy (non-hydrogen) atoms. The predicted molar refractivity (Wildman–Crippen MR) is 102 cm³/mol. The molecule has 2 rings (SSSR count). The molecule has 0 aliphatic carbocycles. The topological polar surface area (TPSA) is 68.0 Å². The van der Waals surface area contributed by atoms with Gasteiger partial charge in [-0.3, -0.25) is 9.59 Å². The van der Waals surface area contributed by atoms with Crippen LogP contribution in [-0.2, 0) is 14.3 Å². The molecule has 1 aliphatic rings. The average Bonchev–Trinajstić information content (AvgIpc) is 3.14. The summed E-state index contributed by atoms with van der Waals surface area (Å²) in [7, 11) is 1.31. The predicted octanol–water partition coefficient (Wildman–Crippen LogP) is 3.90. The Morgan fingerprint density at radius 2 is 2.07 bits per heavy atom. The fourth-order valence-electron chi connectivity index (χ4n) is 3.32. The van der Waals surface area contributed by atoms with E-state index in [1.165, 1.54) is 24.1 Å². The zero-order valence-electron chi connectivity index (χ0n) is 15.7. The first-order valence-corrected chi connectivity index (χ1v) is 9.26. The van der Waals surface area contributed by atoms with Crippen LogP contribution in [0.15, 0.2) is 18.2 Å². The van der Waals surface area contributed by atoms with Crippen LogP contribution in [0.2, 0.25) is 5.02 Å². The van der Waals surface area contributed by atoms with Gasteiger partial charge < -0.3 is 9.64 Å². The average molecular weight is 391 g/mol. The van der Waals surface area contributed by atoms with Crippen LogP contribution in [-0.4, -0.2) is 42.3 Å². The van der Waals surface area contributed by atoms with E-state index in [2.05, 4.69) is 4.85 Å². The first-order valence-electron chi connectivity index (χ1n) is 8.88. The lowest BCUT2D eigenvalue weighted by Gasteiger charge is -2.29. The van der Waals surface area contributed by atoms with Gasteiger partial charge in [-0.2, -0.15) is 0 Å². The van der Waals surface area contributed by atoms with Crippen molar-refractivity contribution in [3.8, 4) is 0 Å². The van der Waals surface area contributed by atoms with Crippen molar-refractivity contribution in [2.45, 2.75) is 39.2 Å². The Kier molecular flexibility index (Phi) is 6.98. The van der Waals surface area contributed by atoms with Gasteiger partial charge in [0.1, 0.15) is 6.04 Å². The first kappa shape index (κ1) is 20.9. The molecule has 1 fully saturated rings. The van der Waals surface area contributed by atoms with Gasteiger partial charge in [0.15, 0.2) is 5.78 Å². The van der Waals surface area contributed by atoms with E-state index in [4.69, 9.17) is 22.9 Å². The van der Waals surface area contributed by atoms with Gasteiger partial charge in [-0.1, -0.05) is 37.6 Å². The Hall–Kier alpha value is -2.39. The smallest absolute Gasteiger partial charge is 0.328 e. The van der Waals surface area contributed by atoms with E-state index in [-0.39, 0.29) is 34.7 Å². The third-order valence-corrected chi connectivity index (χ3v) is 5.24. The summed E-state index contributed by atoms with van der Waals surface area (Å²) in [5.41, 5.74) is 0.565. The molecule has 6 nitrogen and oxygen atoms in total. The zero-order valence-corrected chi connectivity index (χ0v) is 16.5. The number of benzene rings is 1. The Bertz CT molecular complexity index is 785. The molecule has 2 atom stereocenters. The van der Waals surface area contributed by atoms with E-state index in [1.807, 2.05) is 13.8 Å². The third-order valence-electron chi connectivity index (χ3n) is 4.92. The number of carbonyl (C=O) groups is 3. The van der Waals surface area contributed by atoms with E-state index in [0.717, 1.165) is 6.42 Å². The molecule has 1 aromatic carbocycles. The number of ether oxygens (including phenoxy) is 1. The van der Waals surface area contributed by atoms with Crippen LogP contribution in [0.25, 0.3) is 4.85 Å². The minimum Gasteiger partial charge on any atom is -0.467 e. The van der Waals surface area contributed by atoms with Crippen LogP contribution >= 0.6 is 11.6 Å². The highest BCUT2D eigenvalue weighted by Crippen LogP contribution is 2.29. The van der Waals surface area contributed by atoms with Crippen molar-refractivity contribution in [3.05, 3.63) is 40.2 Å². The van der Waals surface area contributed by atoms with E-state index in [0.29, 0.717) is 18.5 Å².